The van der Waals surface area contributed by atoms with Gasteiger partial charge in [0.1, 0.15) is 0 Å². The van der Waals surface area contributed by atoms with Crippen molar-refractivity contribution >= 4 is 33.2 Å². The average Bonchev–Trinajstić information content (AvgIpc) is 3.09. The highest BCUT2D eigenvalue weighted by molar-refractivity contribution is 7.99. The van der Waals surface area contributed by atoms with Gasteiger partial charge in [-0.25, -0.2) is 8.42 Å². The molecule has 0 spiro atoms. The normalized spacial score (nSPS) is 20.0. The molecule has 2 aromatic heterocycles. The molecule has 1 atom stereocenters. The van der Waals surface area contributed by atoms with Crippen LogP contribution in [0.25, 0.3) is 5.65 Å². The van der Waals surface area contributed by atoms with E-state index in [0.717, 1.165) is 5.65 Å². The van der Waals surface area contributed by atoms with E-state index < -0.39 is 9.84 Å². The van der Waals surface area contributed by atoms with Crippen LogP contribution in [0.2, 0.25) is 0 Å². The minimum Gasteiger partial charge on any atom is -0.338 e. The molecule has 0 aromatic carbocycles. The monoisotopic (exact) mass is 354 g/mol. The molecule has 1 aliphatic heterocycles. The van der Waals surface area contributed by atoms with E-state index in [9.17, 15) is 13.2 Å². The maximum atomic E-state index is 12.5. The molecule has 23 heavy (non-hydrogen) atoms. The van der Waals surface area contributed by atoms with E-state index in [2.05, 4.69) is 10.2 Å². The molecule has 9 heteroatoms. The molecule has 0 radical (unpaired) electrons. The number of fused-ring (bicyclic) bond motifs is 1. The summed E-state index contributed by atoms with van der Waals surface area (Å²) in [5.41, 5.74) is 0.733. The first-order valence-corrected chi connectivity index (χ1v) is 10.2. The van der Waals surface area contributed by atoms with E-state index in [-0.39, 0.29) is 29.2 Å². The fourth-order valence-electron chi connectivity index (χ4n) is 2.79. The van der Waals surface area contributed by atoms with Crippen molar-refractivity contribution in [2.45, 2.75) is 24.5 Å². The highest BCUT2D eigenvalue weighted by atomic mass is 32.2. The van der Waals surface area contributed by atoms with Gasteiger partial charge in [-0.1, -0.05) is 17.8 Å². The van der Waals surface area contributed by atoms with Gasteiger partial charge in [0.25, 0.3) is 0 Å². The number of carbonyl (C=O) groups excluding carboxylic acids is 1. The smallest absolute Gasteiger partial charge is 0.233 e. The number of amides is 1. The summed E-state index contributed by atoms with van der Waals surface area (Å²) < 4.78 is 25.0. The van der Waals surface area contributed by atoms with Crippen molar-refractivity contribution in [1.82, 2.24) is 19.5 Å². The molecule has 3 rings (SSSR count). The van der Waals surface area contributed by atoms with Crippen LogP contribution in [0.3, 0.4) is 0 Å². The summed E-state index contributed by atoms with van der Waals surface area (Å²) in [5, 5.41) is 8.78. The lowest BCUT2D eigenvalue weighted by Crippen LogP contribution is -2.41. The van der Waals surface area contributed by atoms with Crippen LogP contribution in [0.4, 0.5) is 0 Å². The van der Waals surface area contributed by atoms with Crippen molar-refractivity contribution in [2.24, 2.45) is 0 Å². The predicted octanol–water partition coefficient (Wildman–Crippen LogP) is 0.857. The summed E-state index contributed by atoms with van der Waals surface area (Å²) in [4.78, 5) is 14.1. The molecule has 1 amide bonds. The first-order chi connectivity index (χ1) is 11.0. The van der Waals surface area contributed by atoms with Crippen molar-refractivity contribution in [1.29, 1.82) is 0 Å². The third kappa shape index (κ3) is 3.50. The molecule has 2 aromatic rings. The van der Waals surface area contributed by atoms with Gasteiger partial charge in [0.15, 0.2) is 20.6 Å². The molecule has 7 nitrogen and oxygen atoms in total. The van der Waals surface area contributed by atoms with Crippen molar-refractivity contribution in [3.05, 3.63) is 24.4 Å². The number of hydrogen-bond donors (Lipinski definition) is 0. The van der Waals surface area contributed by atoms with Gasteiger partial charge in [-0.2, -0.15) is 0 Å². The lowest BCUT2D eigenvalue weighted by molar-refractivity contribution is -0.129. The van der Waals surface area contributed by atoms with E-state index in [1.54, 1.807) is 4.90 Å². The van der Waals surface area contributed by atoms with Crippen LogP contribution in [-0.2, 0) is 14.6 Å². The van der Waals surface area contributed by atoms with Gasteiger partial charge < -0.3 is 4.90 Å². The van der Waals surface area contributed by atoms with Gasteiger partial charge in [-0.15, -0.1) is 10.2 Å². The highest BCUT2D eigenvalue weighted by Gasteiger charge is 2.33. The first-order valence-electron chi connectivity index (χ1n) is 7.42. The Morgan fingerprint density at radius 1 is 1.43 bits per heavy atom. The van der Waals surface area contributed by atoms with Gasteiger partial charge >= 0.3 is 0 Å². The van der Waals surface area contributed by atoms with Crippen molar-refractivity contribution < 1.29 is 13.2 Å². The zero-order chi connectivity index (χ0) is 16.4. The van der Waals surface area contributed by atoms with Gasteiger partial charge in [-0.3, -0.25) is 9.20 Å². The molecule has 0 unspecified atom stereocenters. The van der Waals surface area contributed by atoms with E-state index in [4.69, 9.17) is 0 Å². The molecule has 0 N–H and O–H groups in total. The number of nitrogens with zero attached hydrogens (tertiary/aromatic N) is 4. The summed E-state index contributed by atoms with van der Waals surface area (Å²) in [7, 11) is -3.00. The Bertz CT molecular complexity index is 818. The number of hydrogen-bond acceptors (Lipinski definition) is 6. The third-order valence-corrected chi connectivity index (χ3v) is 6.60. The summed E-state index contributed by atoms with van der Waals surface area (Å²) in [6.45, 7) is 2.39. The number of thioether (sulfide) groups is 1. The van der Waals surface area contributed by atoms with Crippen LogP contribution in [0.5, 0.6) is 0 Å². The molecule has 1 saturated heterocycles. The second-order valence-electron chi connectivity index (χ2n) is 5.44. The predicted molar refractivity (Wildman–Crippen MR) is 88.2 cm³/mol. The summed E-state index contributed by atoms with van der Waals surface area (Å²) in [6.07, 6.45) is 2.38. The SMILES string of the molecule is CCN(C(=O)CSc1nnc2ccccn12)[C@H]1CCS(=O)(=O)C1. The van der Waals surface area contributed by atoms with Crippen LogP contribution in [0, 0.1) is 0 Å². The quantitative estimate of drug-likeness (QED) is 0.741. The van der Waals surface area contributed by atoms with Crippen molar-refractivity contribution in [3.8, 4) is 0 Å². The van der Waals surface area contributed by atoms with E-state index >= 15 is 0 Å². The van der Waals surface area contributed by atoms with Gasteiger partial charge in [-0.05, 0) is 25.5 Å². The molecule has 0 saturated carbocycles. The molecule has 124 valence electrons. The Labute approximate surface area is 139 Å². The summed E-state index contributed by atoms with van der Waals surface area (Å²) in [5.74, 6) is 0.404. The number of aromatic nitrogens is 3. The minimum absolute atomic E-state index is 0.0627. The molecular formula is C14H18N4O3S2. The Kier molecular flexibility index (Phi) is 4.58. The summed E-state index contributed by atoms with van der Waals surface area (Å²) in [6, 6.07) is 5.40. The van der Waals surface area contributed by atoms with Crippen LogP contribution >= 0.6 is 11.8 Å². The lowest BCUT2D eigenvalue weighted by atomic mass is 10.2. The van der Waals surface area contributed by atoms with Gasteiger partial charge in [0.2, 0.25) is 5.91 Å². The van der Waals surface area contributed by atoms with Crippen LogP contribution in [0.15, 0.2) is 29.6 Å². The zero-order valence-electron chi connectivity index (χ0n) is 12.8. The van der Waals surface area contributed by atoms with Crippen LogP contribution < -0.4 is 0 Å². The second kappa shape index (κ2) is 6.48. The van der Waals surface area contributed by atoms with Crippen molar-refractivity contribution in [2.75, 3.05) is 23.8 Å². The standard InChI is InChI=1S/C14H18N4O3S2/c1-2-17(11-6-8-23(20,21)10-11)13(19)9-22-14-16-15-12-5-3-4-7-18(12)14/h3-5,7,11H,2,6,8-10H2,1H3/t11-/m0/s1. The first kappa shape index (κ1) is 16.3. The highest BCUT2D eigenvalue weighted by Crippen LogP contribution is 2.21. The maximum Gasteiger partial charge on any atom is 0.233 e. The number of carbonyl (C=O) groups is 1. The zero-order valence-corrected chi connectivity index (χ0v) is 14.4. The second-order valence-corrected chi connectivity index (χ2v) is 8.61. The Morgan fingerprint density at radius 3 is 2.96 bits per heavy atom. The van der Waals surface area contributed by atoms with E-state index in [0.29, 0.717) is 18.1 Å². The third-order valence-electron chi connectivity index (χ3n) is 3.92. The molecule has 3 heterocycles. The fourth-order valence-corrected chi connectivity index (χ4v) is 5.33. The van der Waals surface area contributed by atoms with E-state index in [1.807, 2.05) is 35.7 Å². The molecule has 1 fully saturated rings. The molecule has 0 aliphatic carbocycles. The fraction of sp³-hybridized carbons (Fsp3) is 0.500. The van der Waals surface area contributed by atoms with Crippen LogP contribution in [0.1, 0.15) is 13.3 Å². The molecular weight excluding hydrogens is 336 g/mol. The Balaban J connectivity index is 1.66. The maximum absolute atomic E-state index is 12.5. The number of pyridine rings is 1. The lowest BCUT2D eigenvalue weighted by Gasteiger charge is -2.26. The average molecular weight is 354 g/mol. The van der Waals surface area contributed by atoms with Crippen molar-refractivity contribution in [3.63, 3.8) is 0 Å². The minimum atomic E-state index is -3.00. The number of sulfone groups is 1. The van der Waals surface area contributed by atoms with E-state index in [1.165, 1.54) is 11.8 Å². The largest absolute Gasteiger partial charge is 0.338 e. The topological polar surface area (TPSA) is 84.6 Å². The number of rotatable bonds is 5. The Hall–Kier alpha value is -1.61. The molecule has 1 aliphatic rings. The van der Waals surface area contributed by atoms with Crippen LogP contribution in [-0.4, -0.2) is 63.7 Å². The van der Waals surface area contributed by atoms with Gasteiger partial charge in [0.05, 0.1) is 17.3 Å². The Morgan fingerprint density at radius 2 is 2.26 bits per heavy atom. The summed E-state index contributed by atoms with van der Waals surface area (Å²) >= 11 is 1.32. The molecule has 0 bridgehead atoms. The van der Waals surface area contributed by atoms with Gasteiger partial charge in [0, 0.05) is 18.8 Å².